The summed E-state index contributed by atoms with van der Waals surface area (Å²) in [5.74, 6) is -0.614. The number of pyridine rings is 1. The van der Waals surface area contributed by atoms with E-state index in [4.69, 9.17) is 0 Å². The molecule has 0 atom stereocenters. The zero-order chi connectivity index (χ0) is 22.2. The van der Waals surface area contributed by atoms with Crippen LogP contribution in [0.3, 0.4) is 0 Å². The van der Waals surface area contributed by atoms with Gasteiger partial charge in [-0.05, 0) is 42.0 Å². The van der Waals surface area contributed by atoms with Crippen molar-refractivity contribution in [2.24, 2.45) is 5.41 Å². The van der Waals surface area contributed by atoms with Gasteiger partial charge in [0.2, 0.25) is 0 Å². The fourth-order valence-electron chi connectivity index (χ4n) is 4.54. The standard InChI is InChI=1S/C24H28FN3O3/c1-24(2)13-20-18(21(29)14-24)12-19(22(30)26-20)23(31)28-9-3-8-27(10-11-28)15-16-4-6-17(25)7-5-16/h4-7,12H,3,8-11,13-15H2,1-2H3,(H,26,30). The van der Waals surface area contributed by atoms with E-state index in [1.807, 2.05) is 13.8 Å². The molecule has 2 heterocycles. The highest BCUT2D eigenvalue weighted by Gasteiger charge is 2.33. The number of H-pyrrole nitrogens is 1. The van der Waals surface area contributed by atoms with Gasteiger partial charge in [-0.3, -0.25) is 19.3 Å². The summed E-state index contributed by atoms with van der Waals surface area (Å²) in [4.78, 5) is 45.1. The highest BCUT2D eigenvalue weighted by Crippen LogP contribution is 2.33. The number of rotatable bonds is 3. The second kappa shape index (κ2) is 8.38. The van der Waals surface area contributed by atoms with Crippen LogP contribution < -0.4 is 5.56 Å². The Hall–Kier alpha value is -2.80. The van der Waals surface area contributed by atoms with E-state index < -0.39 is 5.56 Å². The summed E-state index contributed by atoms with van der Waals surface area (Å²) in [6.45, 7) is 7.22. The van der Waals surface area contributed by atoms with Crippen molar-refractivity contribution in [1.29, 1.82) is 0 Å². The lowest BCUT2D eigenvalue weighted by molar-refractivity contribution is 0.0759. The molecule has 1 aliphatic carbocycles. The van der Waals surface area contributed by atoms with Crippen LogP contribution in [0.5, 0.6) is 0 Å². The Balaban J connectivity index is 1.47. The predicted octanol–water partition coefficient (Wildman–Crippen LogP) is 3.02. The number of nitrogens with zero attached hydrogens (tertiary/aromatic N) is 2. The number of amides is 1. The molecule has 1 aromatic heterocycles. The van der Waals surface area contributed by atoms with Crippen LogP contribution in [0, 0.1) is 11.2 Å². The molecule has 1 aromatic carbocycles. The maximum atomic E-state index is 13.1. The number of aromatic amines is 1. The molecule has 31 heavy (non-hydrogen) atoms. The molecule has 7 heteroatoms. The SMILES string of the molecule is CC1(C)CC(=O)c2cc(C(=O)N3CCCN(Cc4ccc(F)cc4)CC3)c(=O)[nH]c2C1. The molecule has 0 unspecified atom stereocenters. The second-order valence-electron chi connectivity index (χ2n) is 9.39. The van der Waals surface area contributed by atoms with Crippen LogP contribution in [0.2, 0.25) is 0 Å². The molecule has 1 aliphatic heterocycles. The van der Waals surface area contributed by atoms with E-state index in [2.05, 4.69) is 9.88 Å². The number of Topliss-reactive ketones (excluding diaryl/α,β-unsaturated/α-hetero) is 1. The largest absolute Gasteiger partial charge is 0.337 e. The lowest BCUT2D eigenvalue weighted by Crippen LogP contribution is -2.39. The van der Waals surface area contributed by atoms with Crippen LogP contribution in [-0.2, 0) is 13.0 Å². The second-order valence-corrected chi connectivity index (χ2v) is 9.39. The van der Waals surface area contributed by atoms with Crippen molar-refractivity contribution in [2.75, 3.05) is 26.2 Å². The average molecular weight is 426 g/mol. The molecule has 1 saturated heterocycles. The molecular weight excluding hydrogens is 397 g/mol. The molecule has 2 aromatic rings. The molecule has 1 amide bonds. The van der Waals surface area contributed by atoms with Gasteiger partial charge in [0.25, 0.3) is 11.5 Å². The number of carbonyl (C=O) groups excluding carboxylic acids is 2. The molecule has 0 bridgehead atoms. The van der Waals surface area contributed by atoms with Gasteiger partial charge >= 0.3 is 0 Å². The first-order chi connectivity index (χ1) is 14.7. The van der Waals surface area contributed by atoms with Crippen LogP contribution in [0.1, 0.15) is 58.7 Å². The maximum Gasteiger partial charge on any atom is 0.261 e. The summed E-state index contributed by atoms with van der Waals surface area (Å²) in [6, 6.07) is 7.94. The molecule has 0 saturated carbocycles. The molecule has 1 N–H and O–H groups in total. The first kappa shape index (κ1) is 21.4. The Morgan fingerprint density at radius 3 is 2.55 bits per heavy atom. The number of hydrogen-bond donors (Lipinski definition) is 1. The maximum absolute atomic E-state index is 13.1. The number of aromatic nitrogens is 1. The molecule has 6 nitrogen and oxygen atoms in total. The van der Waals surface area contributed by atoms with Gasteiger partial charge in [-0.15, -0.1) is 0 Å². The summed E-state index contributed by atoms with van der Waals surface area (Å²) >= 11 is 0. The van der Waals surface area contributed by atoms with E-state index in [9.17, 15) is 18.8 Å². The number of fused-ring (bicyclic) bond motifs is 1. The molecule has 0 radical (unpaired) electrons. The zero-order valence-corrected chi connectivity index (χ0v) is 18.0. The minimum absolute atomic E-state index is 0.0297. The number of nitrogens with one attached hydrogen (secondary N) is 1. The average Bonchev–Trinajstić information content (AvgIpc) is 2.93. The predicted molar refractivity (Wildman–Crippen MR) is 116 cm³/mol. The fourth-order valence-corrected chi connectivity index (χ4v) is 4.54. The summed E-state index contributed by atoms with van der Waals surface area (Å²) in [7, 11) is 0. The van der Waals surface area contributed by atoms with E-state index in [-0.39, 0.29) is 28.5 Å². The molecular formula is C24H28FN3O3. The first-order valence-corrected chi connectivity index (χ1v) is 10.8. The van der Waals surface area contributed by atoms with Crippen LogP contribution in [0.25, 0.3) is 0 Å². The van der Waals surface area contributed by atoms with Crippen LogP contribution in [0.4, 0.5) is 4.39 Å². The van der Waals surface area contributed by atoms with Gasteiger partial charge in [0.05, 0.1) is 0 Å². The van der Waals surface area contributed by atoms with Crippen molar-refractivity contribution in [2.45, 2.75) is 39.7 Å². The summed E-state index contributed by atoms with van der Waals surface area (Å²) in [6.07, 6.45) is 1.80. The lowest BCUT2D eigenvalue weighted by atomic mass is 9.75. The smallest absolute Gasteiger partial charge is 0.261 e. The lowest BCUT2D eigenvalue weighted by Gasteiger charge is -2.30. The minimum atomic E-state index is -0.429. The zero-order valence-electron chi connectivity index (χ0n) is 18.0. The quantitative estimate of drug-likeness (QED) is 0.821. The Labute approximate surface area is 181 Å². The van der Waals surface area contributed by atoms with Crippen LogP contribution in [-0.4, -0.2) is 52.7 Å². The van der Waals surface area contributed by atoms with Crippen molar-refractivity contribution in [3.63, 3.8) is 0 Å². The van der Waals surface area contributed by atoms with Gasteiger partial charge in [-0.1, -0.05) is 26.0 Å². The van der Waals surface area contributed by atoms with Gasteiger partial charge in [-0.2, -0.15) is 0 Å². The van der Waals surface area contributed by atoms with Crippen molar-refractivity contribution < 1.29 is 14.0 Å². The Bertz CT molecular complexity index is 1060. The molecule has 164 valence electrons. The highest BCUT2D eigenvalue weighted by molar-refractivity contribution is 6.02. The third-order valence-corrected chi connectivity index (χ3v) is 6.14. The molecule has 2 aliphatic rings. The fraction of sp³-hybridized carbons (Fsp3) is 0.458. The summed E-state index contributed by atoms with van der Waals surface area (Å²) in [5.41, 5.74) is 1.53. The third-order valence-electron chi connectivity index (χ3n) is 6.14. The number of carbonyl (C=O) groups is 2. The Morgan fingerprint density at radius 1 is 1.06 bits per heavy atom. The topological polar surface area (TPSA) is 73.5 Å². The summed E-state index contributed by atoms with van der Waals surface area (Å²) in [5, 5.41) is 0. The Kier molecular flexibility index (Phi) is 5.79. The minimum Gasteiger partial charge on any atom is -0.337 e. The molecule has 0 spiro atoms. The van der Waals surface area contributed by atoms with Crippen LogP contribution in [0.15, 0.2) is 35.1 Å². The molecule has 1 fully saturated rings. The van der Waals surface area contributed by atoms with Gasteiger partial charge in [0.1, 0.15) is 11.4 Å². The van der Waals surface area contributed by atoms with Crippen molar-refractivity contribution in [3.8, 4) is 0 Å². The van der Waals surface area contributed by atoms with Crippen molar-refractivity contribution in [1.82, 2.24) is 14.8 Å². The van der Waals surface area contributed by atoms with Gasteiger partial charge in [0, 0.05) is 50.4 Å². The van der Waals surface area contributed by atoms with E-state index in [1.165, 1.54) is 18.2 Å². The normalized spacial score (nSPS) is 19.1. The molecule has 4 rings (SSSR count). The van der Waals surface area contributed by atoms with Crippen molar-refractivity contribution in [3.05, 3.63) is 68.9 Å². The first-order valence-electron chi connectivity index (χ1n) is 10.8. The van der Waals surface area contributed by atoms with E-state index in [0.717, 1.165) is 18.5 Å². The van der Waals surface area contributed by atoms with Gasteiger partial charge < -0.3 is 9.88 Å². The van der Waals surface area contributed by atoms with E-state index in [0.29, 0.717) is 50.3 Å². The summed E-state index contributed by atoms with van der Waals surface area (Å²) < 4.78 is 13.1. The Morgan fingerprint density at radius 2 is 1.81 bits per heavy atom. The van der Waals surface area contributed by atoms with Gasteiger partial charge in [0.15, 0.2) is 5.78 Å². The van der Waals surface area contributed by atoms with E-state index >= 15 is 0 Å². The number of halogens is 1. The van der Waals surface area contributed by atoms with Crippen LogP contribution >= 0.6 is 0 Å². The highest BCUT2D eigenvalue weighted by atomic mass is 19.1. The monoisotopic (exact) mass is 425 g/mol. The number of ketones is 1. The number of benzene rings is 1. The number of hydrogen-bond acceptors (Lipinski definition) is 4. The van der Waals surface area contributed by atoms with Gasteiger partial charge in [-0.25, -0.2) is 4.39 Å². The third kappa shape index (κ3) is 4.77. The van der Waals surface area contributed by atoms with E-state index in [1.54, 1.807) is 17.0 Å². The van der Waals surface area contributed by atoms with Crippen molar-refractivity contribution >= 4 is 11.7 Å².